The van der Waals surface area contributed by atoms with Gasteiger partial charge >= 0.3 is 0 Å². The van der Waals surface area contributed by atoms with Gasteiger partial charge in [0, 0.05) is 10.5 Å². The molecule has 2 nitrogen and oxygen atoms in total. The quantitative estimate of drug-likeness (QED) is 0.756. The number of Topliss-reactive ketones (excluding diaryl/α,β-unsaturated/α-hetero) is 1. The number of hydrogen-bond donors (Lipinski definition) is 0. The molecule has 1 fully saturated rings. The van der Waals surface area contributed by atoms with Crippen LogP contribution in [0.15, 0.2) is 58.1 Å². The molecule has 0 aromatic carbocycles. The van der Waals surface area contributed by atoms with Crippen LogP contribution in [0.2, 0.25) is 0 Å². The van der Waals surface area contributed by atoms with Gasteiger partial charge in [-0.25, -0.2) is 0 Å². The fourth-order valence-corrected chi connectivity index (χ4v) is 3.10. The van der Waals surface area contributed by atoms with Crippen LogP contribution in [0.25, 0.3) is 6.08 Å². The lowest BCUT2D eigenvalue weighted by molar-refractivity contribution is -0.117. The Balaban J connectivity index is 1.84. The molecule has 0 saturated heterocycles. The van der Waals surface area contributed by atoms with E-state index in [1.165, 1.54) is 4.88 Å². The first-order valence-corrected chi connectivity index (χ1v) is 7.14. The summed E-state index contributed by atoms with van der Waals surface area (Å²) in [5.41, 5.74) is 1.68. The molecule has 2 aromatic rings. The van der Waals surface area contributed by atoms with E-state index >= 15 is 0 Å². The summed E-state index contributed by atoms with van der Waals surface area (Å²) in [6.07, 6.45) is 5.35. The van der Waals surface area contributed by atoms with Crippen molar-refractivity contribution >= 4 is 23.2 Å². The molecule has 0 aliphatic heterocycles. The Morgan fingerprint density at radius 3 is 2.95 bits per heavy atom. The topological polar surface area (TPSA) is 30.2 Å². The highest BCUT2D eigenvalue weighted by Crippen LogP contribution is 2.36. The number of hydrogen-bond acceptors (Lipinski definition) is 3. The van der Waals surface area contributed by atoms with Crippen molar-refractivity contribution in [2.75, 3.05) is 0 Å². The molecule has 1 unspecified atom stereocenters. The molecule has 96 valence electrons. The third kappa shape index (κ3) is 2.34. The number of carbonyl (C=O) groups is 1. The zero-order valence-corrected chi connectivity index (χ0v) is 11.3. The Kier molecular flexibility index (Phi) is 3.22. The summed E-state index contributed by atoms with van der Waals surface area (Å²) in [7, 11) is 0. The SMILES string of the molecule is C=C1C(=O)C(c2ccco2)CCC1=Cc1cccs1. The average Bonchev–Trinajstić information content (AvgIpc) is 3.08. The second kappa shape index (κ2) is 5.02. The van der Waals surface area contributed by atoms with Crippen molar-refractivity contribution in [3.8, 4) is 0 Å². The molecule has 2 heterocycles. The smallest absolute Gasteiger partial charge is 0.173 e. The van der Waals surface area contributed by atoms with E-state index in [0.717, 1.165) is 24.2 Å². The minimum Gasteiger partial charge on any atom is -0.469 e. The molecule has 1 aliphatic rings. The van der Waals surface area contributed by atoms with Gasteiger partial charge in [-0.1, -0.05) is 12.6 Å². The molecule has 1 atom stereocenters. The van der Waals surface area contributed by atoms with E-state index in [9.17, 15) is 4.79 Å². The summed E-state index contributed by atoms with van der Waals surface area (Å²) in [5, 5.41) is 2.03. The Morgan fingerprint density at radius 1 is 1.37 bits per heavy atom. The van der Waals surface area contributed by atoms with Crippen LogP contribution in [0.3, 0.4) is 0 Å². The standard InChI is InChI=1S/C16H14O2S/c1-11-12(10-13-4-3-9-19-13)6-7-14(16(11)17)15-5-2-8-18-15/h2-5,8-10,14H,1,6-7H2. The van der Waals surface area contributed by atoms with Crippen LogP contribution < -0.4 is 0 Å². The Labute approximate surface area is 116 Å². The van der Waals surface area contributed by atoms with Gasteiger partial charge in [0.25, 0.3) is 0 Å². The lowest BCUT2D eigenvalue weighted by atomic mass is 9.80. The van der Waals surface area contributed by atoms with Crippen molar-refractivity contribution in [1.82, 2.24) is 0 Å². The van der Waals surface area contributed by atoms with Gasteiger partial charge in [0.1, 0.15) is 5.76 Å². The maximum absolute atomic E-state index is 12.4. The molecule has 0 spiro atoms. The van der Waals surface area contributed by atoms with E-state index in [2.05, 4.69) is 12.7 Å². The van der Waals surface area contributed by atoms with Crippen LogP contribution in [0.5, 0.6) is 0 Å². The molecule has 1 aliphatic carbocycles. The first kappa shape index (κ1) is 12.2. The largest absolute Gasteiger partial charge is 0.469 e. The van der Waals surface area contributed by atoms with Gasteiger partial charge in [0.15, 0.2) is 5.78 Å². The van der Waals surface area contributed by atoms with Gasteiger partial charge in [-0.2, -0.15) is 0 Å². The normalized spacial score (nSPS) is 22.1. The molecule has 1 saturated carbocycles. The second-order valence-electron chi connectivity index (χ2n) is 4.63. The van der Waals surface area contributed by atoms with Gasteiger partial charge < -0.3 is 4.42 Å². The number of rotatable bonds is 2. The van der Waals surface area contributed by atoms with Crippen molar-refractivity contribution in [3.63, 3.8) is 0 Å². The van der Waals surface area contributed by atoms with E-state index in [4.69, 9.17) is 4.42 Å². The number of furan rings is 1. The first-order valence-electron chi connectivity index (χ1n) is 6.26. The zero-order valence-electron chi connectivity index (χ0n) is 10.5. The minimum atomic E-state index is -0.164. The van der Waals surface area contributed by atoms with E-state index in [0.29, 0.717) is 5.57 Å². The van der Waals surface area contributed by atoms with Crippen LogP contribution in [-0.2, 0) is 4.79 Å². The predicted molar refractivity (Wildman–Crippen MR) is 77.1 cm³/mol. The van der Waals surface area contributed by atoms with Crippen molar-refractivity contribution in [3.05, 3.63) is 64.3 Å². The summed E-state index contributed by atoms with van der Waals surface area (Å²) < 4.78 is 5.35. The molecule has 0 N–H and O–H groups in total. The molecule has 3 heteroatoms. The minimum absolute atomic E-state index is 0.0870. The number of ketones is 1. The molecular weight excluding hydrogens is 256 g/mol. The summed E-state index contributed by atoms with van der Waals surface area (Å²) in [4.78, 5) is 13.5. The number of thiophene rings is 1. The van der Waals surface area contributed by atoms with Crippen LogP contribution in [0.4, 0.5) is 0 Å². The number of allylic oxidation sites excluding steroid dienone is 2. The highest BCUT2D eigenvalue weighted by molar-refractivity contribution is 7.10. The number of carbonyl (C=O) groups excluding carboxylic acids is 1. The molecule has 19 heavy (non-hydrogen) atoms. The zero-order chi connectivity index (χ0) is 13.2. The fraction of sp³-hybridized carbons (Fsp3) is 0.188. The van der Waals surface area contributed by atoms with Gasteiger partial charge in [-0.05, 0) is 48.1 Å². The third-order valence-electron chi connectivity index (χ3n) is 3.45. The van der Waals surface area contributed by atoms with Gasteiger partial charge in [-0.15, -0.1) is 11.3 Å². The predicted octanol–water partition coefficient (Wildman–Crippen LogP) is 4.43. The van der Waals surface area contributed by atoms with E-state index in [1.807, 2.05) is 29.6 Å². The maximum Gasteiger partial charge on any atom is 0.173 e. The Morgan fingerprint density at radius 2 is 2.26 bits per heavy atom. The summed E-state index contributed by atoms with van der Waals surface area (Å²) in [6, 6.07) is 7.75. The second-order valence-corrected chi connectivity index (χ2v) is 5.61. The average molecular weight is 270 g/mol. The Bertz CT molecular complexity index is 618. The van der Waals surface area contributed by atoms with Gasteiger partial charge in [0.05, 0.1) is 12.2 Å². The molecule has 0 bridgehead atoms. The Hall–Kier alpha value is -1.87. The molecule has 0 amide bonds. The summed E-state index contributed by atoms with van der Waals surface area (Å²) in [5.74, 6) is 0.674. The summed E-state index contributed by atoms with van der Waals surface area (Å²) in [6.45, 7) is 3.96. The molecule has 3 rings (SSSR count). The van der Waals surface area contributed by atoms with Crippen molar-refractivity contribution in [2.24, 2.45) is 0 Å². The molecule has 0 radical (unpaired) electrons. The highest BCUT2D eigenvalue weighted by Gasteiger charge is 2.31. The molecular formula is C16H14O2S. The third-order valence-corrected chi connectivity index (χ3v) is 4.27. The van der Waals surface area contributed by atoms with E-state index < -0.39 is 0 Å². The van der Waals surface area contributed by atoms with Crippen molar-refractivity contribution in [1.29, 1.82) is 0 Å². The lowest BCUT2D eigenvalue weighted by Crippen LogP contribution is -2.20. The van der Waals surface area contributed by atoms with Crippen LogP contribution >= 0.6 is 11.3 Å². The first-order chi connectivity index (χ1) is 9.25. The van der Waals surface area contributed by atoms with Crippen LogP contribution in [0.1, 0.15) is 29.4 Å². The van der Waals surface area contributed by atoms with E-state index in [1.54, 1.807) is 17.6 Å². The monoisotopic (exact) mass is 270 g/mol. The summed E-state index contributed by atoms with van der Waals surface area (Å²) >= 11 is 1.67. The van der Waals surface area contributed by atoms with Crippen LogP contribution in [0, 0.1) is 0 Å². The molecule has 2 aromatic heterocycles. The fourth-order valence-electron chi connectivity index (χ4n) is 2.42. The van der Waals surface area contributed by atoms with Crippen LogP contribution in [-0.4, -0.2) is 5.78 Å². The van der Waals surface area contributed by atoms with Crippen molar-refractivity contribution in [2.45, 2.75) is 18.8 Å². The van der Waals surface area contributed by atoms with Gasteiger partial charge in [0.2, 0.25) is 0 Å². The maximum atomic E-state index is 12.4. The lowest BCUT2D eigenvalue weighted by Gasteiger charge is -2.23. The van der Waals surface area contributed by atoms with Crippen molar-refractivity contribution < 1.29 is 9.21 Å². The van der Waals surface area contributed by atoms with Gasteiger partial charge in [-0.3, -0.25) is 4.79 Å². The highest BCUT2D eigenvalue weighted by atomic mass is 32.1. The van der Waals surface area contributed by atoms with E-state index in [-0.39, 0.29) is 11.7 Å².